The van der Waals surface area contributed by atoms with Gasteiger partial charge in [-0.1, -0.05) is 109 Å². The molecule has 1 heterocycles. The number of nitrogens with two attached hydrogens (primary N) is 1. The Morgan fingerprint density at radius 3 is 2.11 bits per heavy atom. The molecule has 38 heavy (non-hydrogen) atoms. The summed E-state index contributed by atoms with van der Waals surface area (Å²) in [7, 11) is 0. The fourth-order valence-electron chi connectivity index (χ4n) is 5.82. The fourth-order valence-corrected chi connectivity index (χ4v) is 5.82. The molecule has 2 aromatic rings. The molecule has 0 saturated carbocycles. The summed E-state index contributed by atoms with van der Waals surface area (Å²) in [5, 5.41) is 4.86. The Hall–Kier alpha value is -2.43. The average Bonchev–Trinajstić information content (AvgIpc) is 2.95. The number of allylic oxidation sites excluding steroid dienone is 1. The van der Waals surface area contributed by atoms with E-state index in [9.17, 15) is 0 Å². The minimum absolute atomic E-state index is 0.262. The highest BCUT2D eigenvalue weighted by Gasteiger charge is 2.26. The first-order valence-corrected chi connectivity index (χ1v) is 15.5. The van der Waals surface area contributed by atoms with E-state index in [1.807, 2.05) is 0 Å². The van der Waals surface area contributed by atoms with Crippen LogP contribution in [0.2, 0.25) is 0 Å². The van der Waals surface area contributed by atoms with E-state index in [4.69, 9.17) is 9.73 Å². The van der Waals surface area contributed by atoms with Crippen LogP contribution in [-0.4, -0.2) is 36.3 Å². The highest BCUT2D eigenvalue weighted by molar-refractivity contribution is 6.14. The summed E-state index contributed by atoms with van der Waals surface area (Å²) in [5.74, 6) is 1.77. The van der Waals surface area contributed by atoms with Gasteiger partial charge >= 0.3 is 0 Å². The Bertz CT molecular complexity index is 1110. The van der Waals surface area contributed by atoms with Crippen molar-refractivity contribution in [2.75, 3.05) is 19.6 Å². The summed E-state index contributed by atoms with van der Waals surface area (Å²) in [6.45, 7) is 9.86. The largest absolute Gasteiger partial charge is 0.453 e. The zero-order valence-corrected chi connectivity index (χ0v) is 24.2. The lowest BCUT2D eigenvalue weighted by Gasteiger charge is -2.29. The zero-order valence-electron chi connectivity index (χ0n) is 24.2. The van der Waals surface area contributed by atoms with Crippen molar-refractivity contribution in [3.8, 4) is 5.75 Å². The van der Waals surface area contributed by atoms with Crippen LogP contribution in [0.1, 0.15) is 97.8 Å². The van der Waals surface area contributed by atoms with Gasteiger partial charge in [-0.05, 0) is 44.1 Å². The van der Waals surface area contributed by atoms with Crippen LogP contribution in [0.15, 0.2) is 59.3 Å². The van der Waals surface area contributed by atoms with E-state index >= 15 is 0 Å². The lowest BCUT2D eigenvalue weighted by Crippen LogP contribution is -2.78. The van der Waals surface area contributed by atoms with Crippen molar-refractivity contribution in [3.63, 3.8) is 0 Å². The highest BCUT2D eigenvalue weighted by atomic mass is 16.5. The number of ether oxygens (including phenoxy) is 1. The lowest BCUT2D eigenvalue weighted by molar-refractivity contribution is -0.570. The van der Waals surface area contributed by atoms with Crippen molar-refractivity contribution in [2.45, 2.75) is 104 Å². The number of quaternary nitrogens is 1. The number of likely N-dealkylation sites (N-methyl/N-ethyl adjacent to an activating group) is 1. The molecule has 206 valence electrons. The molecule has 4 heteroatoms. The first-order chi connectivity index (χ1) is 18.7. The summed E-state index contributed by atoms with van der Waals surface area (Å²) in [6, 6.07) is 11.1. The number of hydrogen-bond acceptors (Lipinski definition) is 3. The Morgan fingerprint density at radius 1 is 0.816 bits per heavy atom. The second-order valence-electron chi connectivity index (χ2n) is 10.9. The molecule has 4 rings (SSSR count). The molecule has 1 unspecified atom stereocenters. The molecule has 1 atom stereocenters. The van der Waals surface area contributed by atoms with E-state index in [0.29, 0.717) is 0 Å². The van der Waals surface area contributed by atoms with Gasteiger partial charge in [0.05, 0.1) is 12.6 Å². The van der Waals surface area contributed by atoms with Crippen molar-refractivity contribution in [3.05, 3.63) is 54.3 Å². The third kappa shape index (κ3) is 7.57. The SMILES string of the molecule is CCCCCCCCCCCCCC[NH2+]c1cc2c(c3ccccc13)N=C1C=CC(N(CC)CC)C=C1O2. The minimum Gasteiger partial charge on any atom is -0.453 e. The van der Waals surface area contributed by atoms with Gasteiger partial charge in [-0.2, -0.15) is 0 Å². The number of aliphatic imine (C=N–C) groups is 1. The number of hydrogen-bond donors (Lipinski definition) is 1. The predicted octanol–water partition coefficient (Wildman–Crippen LogP) is 8.36. The van der Waals surface area contributed by atoms with Crippen molar-refractivity contribution < 1.29 is 10.1 Å². The van der Waals surface area contributed by atoms with E-state index in [1.54, 1.807) is 0 Å². The van der Waals surface area contributed by atoms with E-state index in [2.05, 4.69) is 79.5 Å². The van der Waals surface area contributed by atoms with Crippen LogP contribution >= 0.6 is 0 Å². The molecule has 0 amide bonds. The quantitative estimate of drug-likeness (QED) is 0.169. The summed E-state index contributed by atoms with van der Waals surface area (Å²) >= 11 is 0. The van der Waals surface area contributed by atoms with Crippen LogP contribution in [-0.2, 0) is 0 Å². The van der Waals surface area contributed by atoms with Crippen LogP contribution in [0.3, 0.4) is 0 Å². The first-order valence-electron chi connectivity index (χ1n) is 15.5. The standard InChI is InChI=1S/C34H49N3O/c1-4-7-8-9-10-11-12-13-14-15-16-19-24-35-31-26-33-34(29-21-18-17-20-28(29)31)36-30-23-22-27(25-32(30)38-33)37(5-2)6-3/h17-18,20-23,25-27,35H,4-16,19,24H2,1-3H3/p+1. The lowest BCUT2D eigenvalue weighted by atomic mass is 10.0. The number of fused-ring (bicyclic) bond motifs is 4. The van der Waals surface area contributed by atoms with Gasteiger partial charge in [0.1, 0.15) is 17.1 Å². The summed E-state index contributed by atoms with van der Waals surface area (Å²) < 4.78 is 6.51. The Labute approximate surface area is 231 Å². The first kappa shape index (κ1) is 28.6. The van der Waals surface area contributed by atoms with Crippen LogP contribution in [0.5, 0.6) is 5.75 Å². The van der Waals surface area contributed by atoms with Crippen molar-refractivity contribution >= 4 is 27.9 Å². The molecule has 0 bridgehead atoms. The Morgan fingerprint density at radius 2 is 1.45 bits per heavy atom. The van der Waals surface area contributed by atoms with Crippen molar-refractivity contribution in [1.29, 1.82) is 0 Å². The maximum atomic E-state index is 6.51. The number of unbranched alkanes of at least 4 members (excludes halogenated alkanes) is 11. The molecular weight excluding hydrogens is 466 g/mol. The molecule has 1 aliphatic carbocycles. The maximum absolute atomic E-state index is 6.51. The monoisotopic (exact) mass is 516 g/mol. The molecule has 4 nitrogen and oxygen atoms in total. The number of benzene rings is 2. The Balaban J connectivity index is 1.30. The summed E-state index contributed by atoms with van der Waals surface area (Å²) in [4.78, 5) is 7.48. The Kier molecular flexibility index (Phi) is 11.5. The van der Waals surface area contributed by atoms with Gasteiger partial charge in [0.25, 0.3) is 0 Å². The third-order valence-electron chi connectivity index (χ3n) is 8.15. The molecule has 1 aliphatic heterocycles. The number of rotatable bonds is 17. The van der Waals surface area contributed by atoms with E-state index in [-0.39, 0.29) is 6.04 Å². The predicted molar refractivity (Wildman–Crippen MR) is 163 cm³/mol. The van der Waals surface area contributed by atoms with Crippen LogP contribution in [0.25, 0.3) is 10.8 Å². The van der Waals surface area contributed by atoms with E-state index in [0.717, 1.165) is 42.5 Å². The van der Waals surface area contributed by atoms with Crippen LogP contribution in [0, 0.1) is 0 Å². The van der Waals surface area contributed by atoms with Crippen LogP contribution in [0.4, 0.5) is 11.4 Å². The average molecular weight is 517 g/mol. The number of nitrogens with zero attached hydrogens (tertiary/aromatic N) is 2. The second kappa shape index (κ2) is 15.2. The molecule has 2 aromatic carbocycles. The molecule has 2 N–H and O–H groups in total. The van der Waals surface area contributed by atoms with Crippen molar-refractivity contribution in [1.82, 2.24) is 4.90 Å². The minimum atomic E-state index is 0.262. The van der Waals surface area contributed by atoms with Gasteiger partial charge < -0.3 is 10.1 Å². The second-order valence-corrected chi connectivity index (χ2v) is 10.9. The molecule has 0 spiro atoms. The van der Waals surface area contributed by atoms with Gasteiger partial charge in [0.15, 0.2) is 11.5 Å². The van der Waals surface area contributed by atoms with E-state index in [1.165, 1.54) is 93.5 Å². The highest BCUT2D eigenvalue weighted by Crippen LogP contribution is 2.43. The maximum Gasteiger partial charge on any atom is 0.159 e. The summed E-state index contributed by atoms with van der Waals surface area (Å²) in [6.07, 6.45) is 23.2. The van der Waals surface area contributed by atoms with Crippen molar-refractivity contribution in [2.24, 2.45) is 4.99 Å². The van der Waals surface area contributed by atoms with Gasteiger partial charge in [0, 0.05) is 16.8 Å². The van der Waals surface area contributed by atoms with Gasteiger partial charge in [-0.3, -0.25) is 4.90 Å². The van der Waals surface area contributed by atoms with Crippen LogP contribution < -0.4 is 10.1 Å². The van der Waals surface area contributed by atoms with Gasteiger partial charge in [-0.25, -0.2) is 4.99 Å². The van der Waals surface area contributed by atoms with Gasteiger partial charge in [0.2, 0.25) is 0 Å². The van der Waals surface area contributed by atoms with E-state index < -0.39 is 0 Å². The van der Waals surface area contributed by atoms with Gasteiger partial charge in [-0.15, -0.1) is 0 Å². The molecule has 0 radical (unpaired) electrons. The fraction of sp³-hybridized carbons (Fsp3) is 0.559. The normalized spacial score (nSPS) is 16.3. The molecule has 0 aromatic heterocycles. The smallest absolute Gasteiger partial charge is 0.159 e. The molecule has 0 fully saturated rings. The third-order valence-corrected chi connectivity index (χ3v) is 8.15. The molecule has 2 aliphatic rings. The zero-order chi connectivity index (χ0) is 26.6. The molecular formula is C34H50N3O+. The molecule has 0 saturated heterocycles. The topological polar surface area (TPSA) is 41.4 Å². The summed E-state index contributed by atoms with van der Waals surface area (Å²) in [5.41, 5.74) is 3.16.